The molecule has 0 fully saturated rings. The van der Waals surface area contributed by atoms with Crippen LogP contribution in [0.3, 0.4) is 0 Å². The van der Waals surface area contributed by atoms with Gasteiger partial charge in [0, 0.05) is 5.69 Å². The average molecular weight is 312 g/mol. The van der Waals surface area contributed by atoms with Gasteiger partial charge in [-0.05, 0) is 29.2 Å². The van der Waals surface area contributed by atoms with Crippen molar-refractivity contribution in [2.24, 2.45) is 5.92 Å². The maximum absolute atomic E-state index is 11.9. The Morgan fingerprint density at radius 1 is 0.913 bits per heavy atom. The number of carboxylic acids is 1. The molecule has 0 heterocycles. The number of rotatable bonds is 5. The van der Waals surface area contributed by atoms with Crippen LogP contribution in [0.25, 0.3) is 11.1 Å². The Bertz CT molecular complexity index is 666. The maximum Gasteiger partial charge on any atom is 0.326 e. The van der Waals surface area contributed by atoms with Gasteiger partial charge in [0.2, 0.25) is 0 Å². The molecule has 0 aliphatic carbocycles. The predicted octanol–water partition coefficient (Wildman–Crippen LogP) is 3.58. The molecule has 2 aromatic carbocycles. The minimum absolute atomic E-state index is 0.196. The summed E-state index contributed by atoms with van der Waals surface area (Å²) >= 11 is 0. The number of urea groups is 1. The smallest absolute Gasteiger partial charge is 0.326 e. The Hall–Kier alpha value is -2.82. The normalized spacial score (nSPS) is 11.8. The number of carbonyl (C=O) groups is 2. The Balaban J connectivity index is 2.01. The van der Waals surface area contributed by atoms with E-state index in [-0.39, 0.29) is 5.92 Å². The number of nitrogens with one attached hydrogen (secondary N) is 2. The predicted molar refractivity (Wildman–Crippen MR) is 90.3 cm³/mol. The van der Waals surface area contributed by atoms with Crippen molar-refractivity contribution in [3.05, 3.63) is 54.6 Å². The fourth-order valence-corrected chi connectivity index (χ4v) is 2.20. The Morgan fingerprint density at radius 3 is 2.00 bits per heavy atom. The third-order valence-corrected chi connectivity index (χ3v) is 3.47. The summed E-state index contributed by atoms with van der Waals surface area (Å²) in [7, 11) is 0. The van der Waals surface area contributed by atoms with Crippen LogP contribution in [0.4, 0.5) is 10.5 Å². The molecule has 0 spiro atoms. The number of amides is 2. The van der Waals surface area contributed by atoms with E-state index in [1.54, 1.807) is 26.0 Å². The second-order valence-electron chi connectivity index (χ2n) is 5.60. The highest BCUT2D eigenvalue weighted by molar-refractivity contribution is 5.92. The minimum atomic E-state index is -1.05. The maximum atomic E-state index is 11.9. The molecular formula is C18H20N2O3. The molecule has 1 atom stereocenters. The van der Waals surface area contributed by atoms with E-state index >= 15 is 0 Å². The monoisotopic (exact) mass is 312 g/mol. The lowest BCUT2D eigenvalue weighted by Crippen LogP contribution is -2.46. The summed E-state index contributed by atoms with van der Waals surface area (Å²) in [4.78, 5) is 23.0. The summed E-state index contributed by atoms with van der Waals surface area (Å²) in [6.07, 6.45) is 0. The summed E-state index contributed by atoms with van der Waals surface area (Å²) in [5.74, 6) is -1.24. The van der Waals surface area contributed by atoms with Gasteiger partial charge in [-0.3, -0.25) is 0 Å². The first kappa shape index (κ1) is 16.5. The molecule has 0 aromatic heterocycles. The molecule has 0 saturated heterocycles. The highest BCUT2D eigenvalue weighted by Gasteiger charge is 2.23. The number of carboxylic acid groups (broad SMARTS) is 1. The van der Waals surface area contributed by atoms with E-state index in [0.717, 1.165) is 11.1 Å². The number of carbonyl (C=O) groups excluding carboxylic acids is 1. The van der Waals surface area contributed by atoms with Crippen LogP contribution in [-0.4, -0.2) is 23.1 Å². The quantitative estimate of drug-likeness (QED) is 0.789. The molecule has 5 heteroatoms. The molecule has 0 saturated carbocycles. The standard InChI is InChI=1S/C18H20N2O3/c1-12(2)16(17(21)22)20-18(23)19-15-10-8-14(9-11-15)13-6-4-3-5-7-13/h3-12,16H,1-2H3,(H,21,22)(H2,19,20,23). The lowest BCUT2D eigenvalue weighted by molar-refractivity contribution is -0.140. The Kier molecular flexibility index (Phi) is 5.36. The number of anilines is 1. The number of aliphatic carboxylic acids is 1. The molecule has 1 unspecified atom stereocenters. The van der Waals surface area contributed by atoms with E-state index in [0.29, 0.717) is 5.69 Å². The van der Waals surface area contributed by atoms with Gasteiger partial charge >= 0.3 is 12.0 Å². The van der Waals surface area contributed by atoms with Crippen LogP contribution in [0.5, 0.6) is 0 Å². The van der Waals surface area contributed by atoms with Gasteiger partial charge in [-0.25, -0.2) is 9.59 Å². The molecule has 2 aromatic rings. The Morgan fingerprint density at radius 2 is 1.48 bits per heavy atom. The van der Waals surface area contributed by atoms with E-state index in [2.05, 4.69) is 10.6 Å². The first-order chi connectivity index (χ1) is 11.0. The van der Waals surface area contributed by atoms with E-state index < -0.39 is 18.0 Å². The zero-order valence-electron chi connectivity index (χ0n) is 13.1. The second-order valence-corrected chi connectivity index (χ2v) is 5.60. The number of benzene rings is 2. The molecule has 0 radical (unpaired) electrons. The fraction of sp³-hybridized carbons (Fsp3) is 0.222. The molecule has 3 N–H and O–H groups in total. The van der Waals surface area contributed by atoms with Crippen LogP contribution in [0, 0.1) is 5.92 Å². The van der Waals surface area contributed by atoms with E-state index in [9.17, 15) is 9.59 Å². The largest absolute Gasteiger partial charge is 0.480 e. The minimum Gasteiger partial charge on any atom is -0.480 e. The van der Waals surface area contributed by atoms with Crippen LogP contribution in [0.15, 0.2) is 54.6 Å². The third-order valence-electron chi connectivity index (χ3n) is 3.47. The van der Waals surface area contributed by atoms with Crippen LogP contribution in [0.1, 0.15) is 13.8 Å². The lowest BCUT2D eigenvalue weighted by atomic mass is 10.1. The zero-order chi connectivity index (χ0) is 16.8. The highest BCUT2D eigenvalue weighted by Crippen LogP contribution is 2.20. The van der Waals surface area contributed by atoms with Crippen LogP contribution >= 0.6 is 0 Å². The summed E-state index contributed by atoms with van der Waals surface area (Å²) in [5.41, 5.74) is 2.74. The van der Waals surface area contributed by atoms with Crippen molar-refractivity contribution in [3.8, 4) is 11.1 Å². The van der Waals surface area contributed by atoms with E-state index in [1.165, 1.54) is 0 Å². The number of hydrogen-bond acceptors (Lipinski definition) is 2. The van der Waals surface area contributed by atoms with Gasteiger partial charge in [0.25, 0.3) is 0 Å². The highest BCUT2D eigenvalue weighted by atomic mass is 16.4. The van der Waals surface area contributed by atoms with Crippen LogP contribution < -0.4 is 10.6 Å². The first-order valence-electron chi connectivity index (χ1n) is 7.43. The molecule has 0 bridgehead atoms. The summed E-state index contributed by atoms with van der Waals surface area (Å²) in [6.45, 7) is 3.49. The van der Waals surface area contributed by atoms with Crippen molar-refractivity contribution >= 4 is 17.7 Å². The van der Waals surface area contributed by atoms with Crippen molar-refractivity contribution < 1.29 is 14.7 Å². The van der Waals surface area contributed by atoms with Crippen molar-refractivity contribution in [2.45, 2.75) is 19.9 Å². The summed E-state index contributed by atoms with van der Waals surface area (Å²) in [5, 5.41) is 14.2. The summed E-state index contributed by atoms with van der Waals surface area (Å²) < 4.78 is 0. The topological polar surface area (TPSA) is 78.4 Å². The van der Waals surface area contributed by atoms with Gasteiger partial charge in [-0.1, -0.05) is 56.3 Å². The zero-order valence-corrected chi connectivity index (χ0v) is 13.1. The third kappa shape index (κ3) is 4.57. The van der Waals surface area contributed by atoms with Gasteiger partial charge in [-0.2, -0.15) is 0 Å². The van der Waals surface area contributed by atoms with Crippen molar-refractivity contribution in [1.82, 2.24) is 5.32 Å². The first-order valence-corrected chi connectivity index (χ1v) is 7.43. The van der Waals surface area contributed by atoms with Gasteiger partial charge in [0.15, 0.2) is 0 Å². The molecule has 120 valence electrons. The molecule has 23 heavy (non-hydrogen) atoms. The van der Waals surface area contributed by atoms with Gasteiger partial charge < -0.3 is 15.7 Å². The van der Waals surface area contributed by atoms with Crippen LogP contribution in [0.2, 0.25) is 0 Å². The van der Waals surface area contributed by atoms with Crippen molar-refractivity contribution in [3.63, 3.8) is 0 Å². The average Bonchev–Trinajstić information content (AvgIpc) is 2.53. The van der Waals surface area contributed by atoms with Crippen LogP contribution in [-0.2, 0) is 4.79 Å². The number of hydrogen-bond donors (Lipinski definition) is 3. The fourth-order valence-electron chi connectivity index (χ4n) is 2.20. The summed E-state index contributed by atoms with van der Waals surface area (Å²) in [6, 6.07) is 15.8. The van der Waals surface area contributed by atoms with Crippen molar-refractivity contribution in [2.75, 3.05) is 5.32 Å². The second kappa shape index (κ2) is 7.45. The molecule has 0 aliphatic heterocycles. The van der Waals surface area contributed by atoms with Gasteiger partial charge in [0.05, 0.1) is 0 Å². The molecular weight excluding hydrogens is 292 g/mol. The molecule has 5 nitrogen and oxygen atoms in total. The lowest BCUT2D eigenvalue weighted by Gasteiger charge is -2.18. The molecule has 2 amide bonds. The van der Waals surface area contributed by atoms with Gasteiger partial charge in [0.1, 0.15) is 6.04 Å². The SMILES string of the molecule is CC(C)C(NC(=O)Nc1ccc(-c2ccccc2)cc1)C(=O)O. The van der Waals surface area contributed by atoms with E-state index in [4.69, 9.17) is 5.11 Å². The Labute approximate surface area is 135 Å². The van der Waals surface area contributed by atoms with Gasteiger partial charge in [-0.15, -0.1) is 0 Å². The molecule has 2 rings (SSSR count). The van der Waals surface area contributed by atoms with Crippen molar-refractivity contribution in [1.29, 1.82) is 0 Å². The van der Waals surface area contributed by atoms with E-state index in [1.807, 2.05) is 42.5 Å². The molecule has 0 aliphatic rings.